The van der Waals surface area contributed by atoms with Crippen LogP contribution in [0.2, 0.25) is 13.1 Å². The van der Waals surface area contributed by atoms with E-state index in [1.807, 2.05) is 0 Å². The Morgan fingerprint density at radius 2 is 1.47 bits per heavy atom. The smallest absolute Gasteiger partial charge is 0.200 e. The molecule has 0 aliphatic carbocycles. The summed E-state index contributed by atoms with van der Waals surface area (Å²) >= 11 is 0. The Labute approximate surface area is 206 Å². The fourth-order valence-electron chi connectivity index (χ4n) is 6.63. The van der Waals surface area contributed by atoms with Crippen LogP contribution in [0.1, 0.15) is 49.9 Å². The molecule has 0 N–H and O–H groups in total. The van der Waals surface area contributed by atoms with Gasteiger partial charge in [0.15, 0.2) is 6.20 Å². The molecular formula is C32H40NSi+. The number of aromatic nitrogens is 1. The number of rotatable bonds is 4. The molecular weight excluding hydrogens is 426 g/mol. The lowest BCUT2D eigenvalue weighted by Gasteiger charge is -2.35. The van der Waals surface area contributed by atoms with Crippen molar-refractivity contribution in [2.45, 2.75) is 67.5 Å². The standard InChI is InChI=1S/C32H40NSi/c1-19(2)14-23-10-11-26-22(6)32-29(21(5)27(26)17-23)31-30-25(12-13-33(31)7)16-24(15-20(3)4)18-28(30)34(32,8)9/h10-13,16-20H,14-15H2,1-9H3/q+1. The van der Waals surface area contributed by atoms with Gasteiger partial charge in [0.2, 0.25) is 5.69 Å². The second-order valence-corrected chi connectivity index (χ2v) is 16.4. The van der Waals surface area contributed by atoms with Crippen LogP contribution in [0.3, 0.4) is 0 Å². The van der Waals surface area contributed by atoms with Crippen LogP contribution in [-0.4, -0.2) is 8.07 Å². The summed E-state index contributed by atoms with van der Waals surface area (Å²) in [5, 5.41) is 9.07. The van der Waals surface area contributed by atoms with Gasteiger partial charge in [0.25, 0.3) is 0 Å². The summed E-state index contributed by atoms with van der Waals surface area (Å²) in [6, 6.07) is 14.6. The number of hydrogen-bond donors (Lipinski definition) is 0. The first-order valence-electron chi connectivity index (χ1n) is 13.0. The van der Waals surface area contributed by atoms with E-state index in [2.05, 4.69) is 109 Å². The molecule has 0 bridgehead atoms. The molecule has 3 aromatic carbocycles. The minimum atomic E-state index is -1.91. The van der Waals surface area contributed by atoms with E-state index >= 15 is 0 Å². The Morgan fingerprint density at radius 3 is 2.15 bits per heavy atom. The fourth-order valence-corrected chi connectivity index (χ4v) is 10.3. The van der Waals surface area contributed by atoms with E-state index in [9.17, 15) is 0 Å². The minimum absolute atomic E-state index is 0.664. The van der Waals surface area contributed by atoms with E-state index in [0.717, 1.165) is 12.8 Å². The van der Waals surface area contributed by atoms with Crippen molar-refractivity contribution < 1.29 is 4.57 Å². The molecule has 0 radical (unpaired) electrons. The molecule has 0 spiro atoms. The summed E-state index contributed by atoms with van der Waals surface area (Å²) in [6.07, 6.45) is 4.56. The van der Waals surface area contributed by atoms with Crippen LogP contribution in [0, 0.1) is 25.7 Å². The molecule has 0 saturated carbocycles. The highest BCUT2D eigenvalue weighted by molar-refractivity contribution is 7.03. The van der Waals surface area contributed by atoms with Crippen molar-refractivity contribution >= 4 is 40.0 Å². The van der Waals surface area contributed by atoms with Gasteiger partial charge in [0.05, 0.1) is 10.9 Å². The Hall–Kier alpha value is -2.45. The van der Waals surface area contributed by atoms with E-state index in [4.69, 9.17) is 0 Å². The Morgan fingerprint density at radius 1 is 0.794 bits per heavy atom. The van der Waals surface area contributed by atoms with Crippen molar-refractivity contribution in [3.63, 3.8) is 0 Å². The van der Waals surface area contributed by atoms with Crippen LogP contribution in [0.25, 0.3) is 32.8 Å². The summed E-state index contributed by atoms with van der Waals surface area (Å²) in [6.45, 7) is 19.2. The number of fused-ring (bicyclic) bond motifs is 3. The van der Waals surface area contributed by atoms with Gasteiger partial charge >= 0.3 is 0 Å². The molecule has 0 unspecified atom stereocenters. The Bertz CT molecular complexity index is 1460. The molecule has 2 heteroatoms. The summed E-state index contributed by atoms with van der Waals surface area (Å²) in [5.41, 5.74) is 8.85. The molecule has 1 aromatic heterocycles. The van der Waals surface area contributed by atoms with Crippen LogP contribution in [0.5, 0.6) is 0 Å². The van der Waals surface area contributed by atoms with Crippen LogP contribution in [0.4, 0.5) is 0 Å². The maximum absolute atomic E-state index is 2.58. The Balaban J connectivity index is 1.92. The van der Waals surface area contributed by atoms with Crippen LogP contribution in [-0.2, 0) is 19.9 Å². The van der Waals surface area contributed by atoms with Gasteiger partial charge in [0.1, 0.15) is 15.1 Å². The van der Waals surface area contributed by atoms with Gasteiger partial charge in [-0.3, -0.25) is 0 Å². The lowest BCUT2D eigenvalue weighted by Crippen LogP contribution is -2.59. The largest absolute Gasteiger partial charge is 0.220 e. The number of aryl methyl sites for hydroxylation is 3. The zero-order valence-electron chi connectivity index (χ0n) is 22.6. The van der Waals surface area contributed by atoms with E-state index in [0.29, 0.717) is 11.8 Å². The lowest BCUT2D eigenvalue weighted by atomic mass is 9.89. The molecule has 1 aliphatic heterocycles. The van der Waals surface area contributed by atoms with Crippen molar-refractivity contribution in [1.82, 2.24) is 0 Å². The monoisotopic (exact) mass is 466 g/mol. The SMILES string of the molecule is Cc1c2c(c(C)c3ccc(CC(C)C)cc13)[Si](C)(C)c1cc(CC(C)C)cc3cc[n+](C)c-2c13. The minimum Gasteiger partial charge on any atom is -0.200 e. The third kappa shape index (κ3) is 3.45. The maximum atomic E-state index is 2.58. The zero-order chi connectivity index (χ0) is 24.5. The van der Waals surface area contributed by atoms with Gasteiger partial charge in [-0.15, -0.1) is 0 Å². The average Bonchev–Trinajstić information content (AvgIpc) is 2.74. The molecule has 2 heterocycles. The molecule has 0 atom stereocenters. The zero-order valence-corrected chi connectivity index (χ0v) is 23.6. The first-order valence-corrected chi connectivity index (χ1v) is 16.0. The molecule has 1 aliphatic rings. The first-order chi connectivity index (χ1) is 16.0. The van der Waals surface area contributed by atoms with Crippen molar-refractivity contribution in [3.05, 3.63) is 64.8 Å². The first kappa shape index (κ1) is 23.3. The van der Waals surface area contributed by atoms with E-state index < -0.39 is 8.07 Å². The molecule has 34 heavy (non-hydrogen) atoms. The summed E-state index contributed by atoms with van der Waals surface area (Å²) in [4.78, 5) is 0. The topological polar surface area (TPSA) is 3.88 Å². The third-order valence-electron chi connectivity index (χ3n) is 8.01. The van der Waals surface area contributed by atoms with Crippen LogP contribution >= 0.6 is 0 Å². The van der Waals surface area contributed by atoms with E-state index in [1.165, 1.54) is 55.1 Å². The predicted molar refractivity (Wildman–Crippen MR) is 151 cm³/mol. The molecule has 5 rings (SSSR count). The quantitative estimate of drug-likeness (QED) is 0.235. The normalized spacial score (nSPS) is 14.4. The molecule has 0 fully saturated rings. The van der Waals surface area contributed by atoms with Crippen LogP contribution < -0.4 is 14.9 Å². The third-order valence-corrected chi connectivity index (χ3v) is 11.6. The molecule has 0 saturated heterocycles. The summed E-state index contributed by atoms with van der Waals surface area (Å²) < 4.78 is 2.38. The van der Waals surface area contributed by atoms with E-state index in [1.54, 1.807) is 10.4 Å². The molecule has 1 nitrogen and oxygen atoms in total. The Kier molecular flexibility index (Phi) is 5.52. The van der Waals surface area contributed by atoms with Crippen molar-refractivity contribution in [3.8, 4) is 11.3 Å². The highest BCUT2D eigenvalue weighted by Gasteiger charge is 2.42. The molecule has 0 amide bonds. The second kappa shape index (κ2) is 8.05. The molecule has 176 valence electrons. The fraction of sp³-hybridized carbons (Fsp3) is 0.406. The highest BCUT2D eigenvalue weighted by atomic mass is 28.3. The number of benzene rings is 3. The predicted octanol–water partition coefficient (Wildman–Crippen LogP) is 6.63. The summed E-state index contributed by atoms with van der Waals surface area (Å²) in [5.74, 6) is 1.33. The highest BCUT2D eigenvalue weighted by Crippen LogP contribution is 2.38. The second-order valence-electron chi connectivity index (χ2n) is 12.1. The van der Waals surface area contributed by atoms with Gasteiger partial charge in [-0.1, -0.05) is 71.1 Å². The summed E-state index contributed by atoms with van der Waals surface area (Å²) in [7, 11) is 0.321. The van der Waals surface area contributed by atoms with E-state index in [-0.39, 0.29) is 0 Å². The number of nitrogens with zero attached hydrogens (tertiary/aromatic N) is 1. The van der Waals surface area contributed by atoms with Gasteiger partial charge in [-0.25, -0.2) is 4.57 Å². The maximum Gasteiger partial charge on any atom is 0.220 e. The average molecular weight is 467 g/mol. The van der Waals surface area contributed by atoms with Crippen molar-refractivity contribution in [2.75, 3.05) is 0 Å². The number of pyridine rings is 1. The van der Waals surface area contributed by atoms with Crippen molar-refractivity contribution in [1.29, 1.82) is 0 Å². The lowest BCUT2D eigenvalue weighted by molar-refractivity contribution is -0.659. The number of hydrogen-bond acceptors (Lipinski definition) is 0. The van der Waals surface area contributed by atoms with Gasteiger partial charge in [-0.05, 0) is 87.3 Å². The van der Waals surface area contributed by atoms with Gasteiger partial charge < -0.3 is 0 Å². The van der Waals surface area contributed by atoms with Crippen molar-refractivity contribution in [2.24, 2.45) is 18.9 Å². The van der Waals surface area contributed by atoms with Gasteiger partial charge in [0, 0.05) is 6.07 Å². The molecule has 4 aromatic rings. The van der Waals surface area contributed by atoms with Crippen LogP contribution in [0.15, 0.2) is 42.6 Å². The van der Waals surface area contributed by atoms with Gasteiger partial charge in [-0.2, -0.15) is 0 Å².